The maximum Gasteiger partial charge on any atom is 0.456 e. The van der Waals surface area contributed by atoms with Gasteiger partial charge in [-0.15, -0.1) is 0 Å². The molecule has 0 aliphatic carbocycles. The van der Waals surface area contributed by atoms with Crippen molar-refractivity contribution in [3.05, 3.63) is 29.9 Å². The number of amides is 1. The second-order valence-corrected chi connectivity index (χ2v) is 3.25. The van der Waals surface area contributed by atoms with Crippen molar-refractivity contribution >= 4 is 18.0 Å². The average Bonchev–Trinajstić information content (AvgIpc) is 2.79. The minimum atomic E-state index is -5.11. The molecule has 1 amide bonds. The van der Waals surface area contributed by atoms with Gasteiger partial charge in [-0.3, -0.25) is 10.1 Å². The summed E-state index contributed by atoms with van der Waals surface area (Å²) < 4.78 is 46.2. The molecule has 0 saturated carbocycles. The molecule has 0 bridgehead atoms. The van der Waals surface area contributed by atoms with Crippen molar-refractivity contribution in [2.24, 2.45) is 0 Å². The van der Waals surface area contributed by atoms with Crippen LogP contribution in [-0.4, -0.2) is 24.7 Å². The summed E-state index contributed by atoms with van der Waals surface area (Å²) in [4.78, 5) is 22.2. The summed E-state index contributed by atoms with van der Waals surface area (Å²) in [7, 11) is 0. The highest BCUT2D eigenvalue weighted by atomic mass is 19.4. The molecule has 1 N–H and O–H groups in total. The third kappa shape index (κ3) is 4.49. The van der Waals surface area contributed by atoms with Gasteiger partial charge < -0.3 is 9.15 Å². The summed E-state index contributed by atoms with van der Waals surface area (Å²) in [5, 5.41) is 1.73. The zero-order valence-corrected chi connectivity index (χ0v) is 9.78. The van der Waals surface area contributed by atoms with Crippen LogP contribution in [0, 0.1) is 0 Å². The smallest absolute Gasteiger partial charge is 0.456 e. The van der Waals surface area contributed by atoms with Gasteiger partial charge in [-0.25, -0.2) is 4.79 Å². The van der Waals surface area contributed by atoms with Crippen molar-refractivity contribution in [3.8, 4) is 0 Å². The van der Waals surface area contributed by atoms with Gasteiger partial charge in [-0.05, 0) is 19.1 Å². The number of alkyl carbamates (subject to hydrolysis) is 1. The number of halogens is 3. The standard InChI is InChI=1S/C11H10F3NO4/c1-2-18-10(17)15-8(9(16)11(12,13)14)6-7-4-3-5-19-7/h3-6H,2H2,1H3,(H,15,17)/b8-6-. The molecule has 1 rings (SSSR count). The van der Waals surface area contributed by atoms with Crippen molar-refractivity contribution in [2.75, 3.05) is 6.61 Å². The minimum Gasteiger partial charge on any atom is -0.465 e. The Morgan fingerprint density at radius 2 is 2.16 bits per heavy atom. The molecule has 0 spiro atoms. The van der Waals surface area contributed by atoms with Crippen LogP contribution >= 0.6 is 0 Å². The predicted molar refractivity (Wildman–Crippen MR) is 57.9 cm³/mol. The minimum absolute atomic E-state index is 0.00982. The number of hydrogen-bond donors (Lipinski definition) is 1. The molecule has 0 radical (unpaired) electrons. The van der Waals surface area contributed by atoms with Crippen molar-refractivity contribution in [3.63, 3.8) is 0 Å². The van der Waals surface area contributed by atoms with Crippen molar-refractivity contribution in [2.45, 2.75) is 13.1 Å². The fraction of sp³-hybridized carbons (Fsp3) is 0.273. The van der Waals surface area contributed by atoms with E-state index in [4.69, 9.17) is 4.42 Å². The quantitative estimate of drug-likeness (QED) is 0.858. The number of nitrogens with one attached hydrogen (secondary N) is 1. The molecule has 0 aliphatic heterocycles. The summed E-state index contributed by atoms with van der Waals surface area (Å²) in [6.07, 6.45) is -4.28. The zero-order chi connectivity index (χ0) is 14.5. The van der Waals surface area contributed by atoms with Crippen molar-refractivity contribution in [1.29, 1.82) is 0 Å². The highest BCUT2D eigenvalue weighted by molar-refractivity contribution is 6.04. The molecule has 19 heavy (non-hydrogen) atoms. The molecule has 1 heterocycles. The largest absolute Gasteiger partial charge is 0.465 e. The van der Waals surface area contributed by atoms with Crippen LogP contribution in [0.25, 0.3) is 6.08 Å². The molecular formula is C11H10F3NO4. The first-order chi connectivity index (χ1) is 8.84. The lowest BCUT2D eigenvalue weighted by Crippen LogP contribution is -2.35. The molecule has 0 aromatic carbocycles. The number of furan rings is 1. The molecule has 0 unspecified atom stereocenters. The zero-order valence-electron chi connectivity index (χ0n) is 9.78. The molecule has 8 heteroatoms. The summed E-state index contributed by atoms with van der Waals surface area (Å²) in [5.41, 5.74) is -0.971. The van der Waals surface area contributed by atoms with Gasteiger partial charge in [0.15, 0.2) is 0 Å². The number of hydrogen-bond acceptors (Lipinski definition) is 4. The van der Waals surface area contributed by atoms with Crippen LogP contribution in [0.3, 0.4) is 0 Å². The Bertz CT molecular complexity index is 477. The summed E-state index contributed by atoms with van der Waals surface area (Å²) in [6, 6.07) is 2.75. The van der Waals surface area contributed by atoms with Crippen molar-refractivity contribution < 1.29 is 31.9 Å². The highest BCUT2D eigenvalue weighted by Crippen LogP contribution is 2.21. The van der Waals surface area contributed by atoms with E-state index in [1.807, 2.05) is 0 Å². The number of rotatable bonds is 4. The van der Waals surface area contributed by atoms with Crippen molar-refractivity contribution in [1.82, 2.24) is 5.32 Å². The first-order valence-corrected chi connectivity index (χ1v) is 5.15. The number of allylic oxidation sites excluding steroid dienone is 1. The molecule has 1 aromatic rings. The SMILES string of the molecule is CCOC(=O)N/C(=C\c1ccco1)C(=O)C(F)(F)F. The van der Waals surface area contributed by atoms with Crippen LogP contribution < -0.4 is 5.32 Å². The molecule has 0 saturated heterocycles. The lowest BCUT2D eigenvalue weighted by Gasteiger charge is -2.10. The fourth-order valence-corrected chi connectivity index (χ4v) is 1.10. The number of ether oxygens (including phenoxy) is 1. The molecule has 104 valence electrons. The Balaban J connectivity index is 2.98. The maximum absolute atomic E-state index is 12.4. The third-order valence-corrected chi connectivity index (χ3v) is 1.84. The van der Waals surface area contributed by atoms with Crippen LogP contribution in [0.4, 0.5) is 18.0 Å². The van der Waals surface area contributed by atoms with E-state index in [9.17, 15) is 22.8 Å². The van der Waals surface area contributed by atoms with E-state index in [2.05, 4.69) is 4.74 Å². The number of carbonyl (C=O) groups excluding carboxylic acids is 2. The maximum atomic E-state index is 12.4. The summed E-state index contributed by atoms with van der Waals surface area (Å²) in [5.74, 6) is -2.21. The predicted octanol–water partition coefficient (Wildman–Crippen LogP) is 2.50. The van der Waals surface area contributed by atoms with Gasteiger partial charge in [-0.2, -0.15) is 13.2 Å². The summed E-state index contributed by atoms with van der Waals surface area (Å²) in [6.45, 7) is 1.43. The third-order valence-electron chi connectivity index (χ3n) is 1.84. The van der Waals surface area contributed by atoms with E-state index in [1.54, 1.807) is 5.32 Å². The Kier molecular flexibility index (Phi) is 4.74. The summed E-state index contributed by atoms with van der Waals surface area (Å²) >= 11 is 0. The Hall–Kier alpha value is -2.25. The molecule has 1 aromatic heterocycles. The van der Waals surface area contributed by atoms with Crippen LogP contribution in [0.2, 0.25) is 0 Å². The van der Waals surface area contributed by atoms with E-state index in [0.717, 1.165) is 6.08 Å². The van der Waals surface area contributed by atoms with E-state index in [0.29, 0.717) is 0 Å². The first kappa shape index (κ1) is 14.8. The highest BCUT2D eigenvalue weighted by Gasteiger charge is 2.41. The molecule has 0 fully saturated rings. The molecule has 5 nitrogen and oxygen atoms in total. The van der Waals surface area contributed by atoms with Gasteiger partial charge in [0, 0.05) is 6.08 Å². The molecule has 0 aliphatic rings. The van der Waals surface area contributed by atoms with E-state index in [-0.39, 0.29) is 12.4 Å². The normalized spacial score (nSPS) is 12.1. The van der Waals surface area contributed by atoms with Gasteiger partial charge in [-0.1, -0.05) is 0 Å². The van der Waals surface area contributed by atoms with Gasteiger partial charge >= 0.3 is 12.3 Å². The lowest BCUT2D eigenvalue weighted by atomic mass is 10.2. The number of alkyl halides is 3. The monoisotopic (exact) mass is 277 g/mol. The van der Waals surface area contributed by atoms with Crippen LogP contribution in [0.15, 0.2) is 28.5 Å². The lowest BCUT2D eigenvalue weighted by molar-refractivity contribution is -0.166. The average molecular weight is 277 g/mol. The Morgan fingerprint density at radius 3 is 2.63 bits per heavy atom. The van der Waals surface area contributed by atoms with Gasteiger partial charge in [0.25, 0.3) is 5.78 Å². The second-order valence-electron chi connectivity index (χ2n) is 3.25. The number of ketones is 1. The van der Waals surface area contributed by atoms with E-state index >= 15 is 0 Å². The molecule has 0 atom stereocenters. The Morgan fingerprint density at radius 1 is 1.47 bits per heavy atom. The van der Waals surface area contributed by atoms with E-state index in [1.165, 1.54) is 25.3 Å². The fourth-order valence-electron chi connectivity index (χ4n) is 1.10. The van der Waals surface area contributed by atoms with E-state index < -0.39 is 23.7 Å². The first-order valence-electron chi connectivity index (χ1n) is 5.15. The van der Waals surface area contributed by atoms with Crippen LogP contribution in [0.5, 0.6) is 0 Å². The van der Waals surface area contributed by atoms with Crippen LogP contribution in [-0.2, 0) is 9.53 Å². The van der Waals surface area contributed by atoms with Crippen LogP contribution in [0.1, 0.15) is 12.7 Å². The number of Topliss-reactive ketones (excluding diaryl/α,β-unsaturated/α-hetero) is 1. The number of carbonyl (C=O) groups is 2. The van der Waals surface area contributed by atoms with Gasteiger partial charge in [0.2, 0.25) is 0 Å². The molecular weight excluding hydrogens is 267 g/mol. The van der Waals surface area contributed by atoms with Gasteiger partial charge in [0.1, 0.15) is 11.5 Å². The topological polar surface area (TPSA) is 68.5 Å². The van der Waals surface area contributed by atoms with Gasteiger partial charge in [0.05, 0.1) is 12.9 Å². The second kappa shape index (κ2) is 6.07. The Labute approximate surface area is 106 Å².